The first-order chi connectivity index (χ1) is 8.66. The predicted molar refractivity (Wildman–Crippen MR) is 76.6 cm³/mol. The molecular formula is C16H31NO. The van der Waals surface area contributed by atoms with Crippen molar-refractivity contribution in [1.82, 2.24) is 4.90 Å². The summed E-state index contributed by atoms with van der Waals surface area (Å²) in [6, 6.07) is 0.745. The zero-order chi connectivity index (χ0) is 13.2. The highest BCUT2D eigenvalue weighted by atomic mass is 16.3. The van der Waals surface area contributed by atoms with Gasteiger partial charge in [-0.15, -0.1) is 0 Å². The van der Waals surface area contributed by atoms with Crippen molar-refractivity contribution in [1.29, 1.82) is 0 Å². The second-order valence-corrected chi connectivity index (χ2v) is 6.66. The van der Waals surface area contributed by atoms with Gasteiger partial charge in [0.2, 0.25) is 0 Å². The Balaban J connectivity index is 2.23. The third-order valence-electron chi connectivity index (χ3n) is 5.81. The van der Waals surface area contributed by atoms with Crippen LogP contribution < -0.4 is 0 Å². The van der Waals surface area contributed by atoms with Crippen LogP contribution in [0.25, 0.3) is 0 Å². The summed E-state index contributed by atoms with van der Waals surface area (Å²) in [6.07, 6.45) is 9.48. The Morgan fingerprint density at radius 3 is 2.56 bits per heavy atom. The van der Waals surface area contributed by atoms with Gasteiger partial charge in [-0.05, 0) is 44.4 Å². The van der Waals surface area contributed by atoms with E-state index in [2.05, 4.69) is 25.7 Å². The van der Waals surface area contributed by atoms with Crippen LogP contribution in [0.5, 0.6) is 0 Å². The molecule has 0 aromatic rings. The van der Waals surface area contributed by atoms with E-state index < -0.39 is 0 Å². The summed E-state index contributed by atoms with van der Waals surface area (Å²) < 4.78 is 0. The maximum atomic E-state index is 9.42. The maximum Gasteiger partial charge on any atom is 0.0558 e. The molecule has 1 saturated carbocycles. The fourth-order valence-electron chi connectivity index (χ4n) is 4.65. The molecule has 0 aromatic heterocycles. The van der Waals surface area contributed by atoms with Crippen molar-refractivity contribution in [2.45, 2.75) is 77.3 Å². The van der Waals surface area contributed by atoms with Crippen LogP contribution >= 0.6 is 0 Å². The van der Waals surface area contributed by atoms with Gasteiger partial charge in [-0.1, -0.05) is 33.1 Å². The molecule has 18 heavy (non-hydrogen) atoms. The van der Waals surface area contributed by atoms with Gasteiger partial charge in [0, 0.05) is 18.1 Å². The van der Waals surface area contributed by atoms with Crippen molar-refractivity contribution in [2.24, 2.45) is 11.8 Å². The molecule has 0 aromatic carbocycles. The van der Waals surface area contributed by atoms with Crippen molar-refractivity contribution < 1.29 is 5.11 Å². The Labute approximate surface area is 113 Å². The van der Waals surface area contributed by atoms with Gasteiger partial charge in [0.15, 0.2) is 0 Å². The number of piperidine rings is 1. The first-order valence-corrected chi connectivity index (χ1v) is 8.04. The number of nitrogens with zero attached hydrogens (tertiary/aromatic N) is 1. The minimum Gasteiger partial charge on any atom is -0.395 e. The van der Waals surface area contributed by atoms with Crippen LogP contribution in [-0.4, -0.2) is 34.7 Å². The quantitative estimate of drug-likeness (QED) is 0.829. The van der Waals surface area contributed by atoms with E-state index in [1.165, 1.54) is 44.9 Å². The summed E-state index contributed by atoms with van der Waals surface area (Å²) in [5.41, 5.74) is 0.321. The SMILES string of the molecule is CCC1CC(C)(CC)N(CCO)C2CCCCC12. The molecule has 2 heteroatoms. The predicted octanol–water partition coefficient (Wildman–Crippen LogP) is 3.44. The van der Waals surface area contributed by atoms with Gasteiger partial charge in [-0.2, -0.15) is 0 Å². The number of fused-ring (bicyclic) bond motifs is 1. The molecule has 1 saturated heterocycles. The van der Waals surface area contributed by atoms with Crippen molar-refractivity contribution in [2.75, 3.05) is 13.2 Å². The first kappa shape index (κ1) is 14.3. The van der Waals surface area contributed by atoms with Crippen LogP contribution in [0.3, 0.4) is 0 Å². The number of likely N-dealkylation sites (tertiary alicyclic amines) is 1. The van der Waals surface area contributed by atoms with Crippen molar-refractivity contribution in [3.63, 3.8) is 0 Å². The van der Waals surface area contributed by atoms with E-state index in [0.717, 1.165) is 24.4 Å². The van der Waals surface area contributed by atoms with Crippen molar-refractivity contribution >= 4 is 0 Å². The van der Waals surface area contributed by atoms with Gasteiger partial charge in [0.1, 0.15) is 0 Å². The summed E-state index contributed by atoms with van der Waals surface area (Å²) in [5.74, 6) is 1.81. The Morgan fingerprint density at radius 2 is 1.94 bits per heavy atom. The lowest BCUT2D eigenvalue weighted by atomic mass is 9.65. The molecular weight excluding hydrogens is 222 g/mol. The molecule has 1 heterocycles. The number of hydrogen-bond donors (Lipinski definition) is 1. The van der Waals surface area contributed by atoms with Gasteiger partial charge >= 0.3 is 0 Å². The molecule has 4 unspecified atom stereocenters. The lowest BCUT2D eigenvalue weighted by Gasteiger charge is -2.57. The van der Waals surface area contributed by atoms with E-state index in [9.17, 15) is 5.11 Å². The van der Waals surface area contributed by atoms with E-state index >= 15 is 0 Å². The minimum absolute atomic E-state index is 0.315. The van der Waals surface area contributed by atoms with Crippen LogP contribution in [0.1, 0.15) is 65.7 Å². The summed E-state index contributed by atoms with van der Waals surface area (Å²) in [4.78, 5) is 2.67. The molecule has 106 valence electrons. The highest BCUT2D eigenvalue weighted by Crippen LogP contribution is 2.47. The molecule has 2 rings (SSSR count). The standard InChI is InChI=1S/C16H31NO/c1-4-13-12-16(3,5-2)17(10-11-18)15-9-7-6-8-14(13)15/h13-15,18H,4-12H2,1-3H3. The third-order valence-corrected chi connectivity index (χ3v) is 5.81. The summed E-state index contributed by atoms with van der Waals surface area (Å²) in [5, 5.41) is 9.42. The monoisotopic (exact) mass is 253 g/mol. The number of aliphatic hydroxyl groups is 1. The van der Waals surface area contributed by atoms with E-state index in [4.69, 9.17) is 0 Å². The van der Waals surface area contributed by atoms with Crippen LogP contribution in [0.2, 0.25) is 0 Å². The molecule has 1 aliphatic heterocycles. The summed E-state index contributed by atoms with van der Waals surface area (Å²) >= 11 is 0. The second-order valence-electron chi connectivity index (χ2n) is 6.66. The zero-order valence-corrected chi connectivity index (χ0v) is 12.5. The average molecular weight is 253 g/mol. The van der Waals surface area contributed by atoms with Crippen molar-refractivity contribution in [3.8, 4) is 0 Å². The van der Waals surface area contributed by atoms with E-state index in [-0.39, 0.29) is 0 Å². The normalized spacial score (nSPS) is 41.7. The van der Waals surface area contributed by atoms with Gasteiger partial charge in [-0.3, -0.25) is 4.90 Å². The van der Waals surface area contributed by atoms with Gasteiger partial charge in [0.25, 0.3) is 0 Å². The largest absolute Gasteiger partial charge is 0.395 e. The average Bonchev–Trinajstić information content (AvgIpc) is 2.42. The van der Waals surface area contributed by atoms with Crippen LogP contribution in [0.15, 0.2) is 0 Å². The Hall–Kier alpha value is -0.0800. The Morgan fingerprint density at radius 1 is 1.22 bits per heavy atom. The Kier molecular flexibility index (Phi) is 4.71. The Bertz CT molecular complexity index is 268. The fourth-order valence-corrected chi connectivity index (χ4v) is 4.65. The lowest BCUT2D eigenvalue weighted by molar-refractivity contribution is -0.0796. The third kappa shape index (κ3) is 2.46. The van der Waals surface area contributed by atoms with Crippen LogP contribution in [0, 0.1) is 11.8 Å². The van der Waals surface area contributed by atoms with Gasteiger partial charge in [-0.25, -0.2) is 0 Å². The molecule has 0 bridgehead atoms. The minimum atomic E-state index is 0.315. The van der Waals surface area contributed by atoms with Crippen molar-refractivity contribution in [3.05, 3.63) is 0 Å². The number of hydrogen-bond acceptors (Lipinski definition) is 2. The molecule has 4 atom stereocenters. The maximum absolute atomic E-state index is 9.42. The highest BCUT2D eigenvalue weighted by Gasteiger charge is 2.47. The lowest BCUT2D eigenvalue weighted by Crippen LogP contribution is -2.61. The van der Waals surface area contributed by atoms with E-state index in [1.807, 2.05) is 0 Å². The number of β-amino-alcohol motifs (C(OH)–C–C–N with tert-alkyl or cyclic N) is 1. The highest BCUT2D eigenvalue weighted by molar-refractivity contribution is 5.01. The molecule has 0 amide bonds. The fraction of sp³-hybridized carbons (Fsp3) is 1.00. The molecule has 1 N–H and O–H groups in total. The van der Waals surface area contributed by atoms with Gasteiger partial charge in [0.05, 0.1) is 6.61 Å². The number of rotatable bonds is 4. The van der Waals surface area contributed by atoms with E-state index in [0.29, 0.717) is 12.1 Å². The molecule has 1 aliphatic carbocycles. The van der Waals surface area contributed by atoms with Crippen LogP contribution in [0.4, 0.5) is 0 Å². The molecule has 2 nitrogen and oxygen atoms in total. The second kappa shape index (κ2) is 5.92. The first-order valence-electron chi connectivity index (χ1n) is 8.04. The molecule has 0 radical (unpaired) electrons. The smallest absolute Gasteiger partial charge is 0.0558 e. The molecule has 0 spiro atoms. The zero-order valence-electron chi connectivity index (χ0n) is 12.5. The number of aliphatic hydroxyl groups excluding tert-OH is 1. The van der Waals surface area contributed by atoms with E-state index in [1.54, 1.807) is 0 Å². The topological polar surface area (TPSA) is 23.5 Å². The summed E-state index contributed by atoms with van der Waals surface area (Å²) in [6.45, 7) is 8.31. The summed E-state index contributed by atoms with van der Waals surface area (Å²) in [7, 11) is 0. The molecule has 2 fully saturated rings. The molecule has 2 aliphatic rings. The van der Waals surface area contributed by atoms with Crippen LogP contribution in [-0.2, 0) is 0 Å². The van der Waals surface area contributed by atoms with Gasteiger partial charge < -0.3 is 5.11 Å².